The van der Waals surface area contributed by atoms with Gasteiger partial charge in [0.15, 0.2) is 0 Å². The van der Waals surface area contributed by atoms with Gasteiger partial charge in [-0.1, -0.05) is 23.7 Å². The SMILES string of the molecule is Fc1cc(Cl)ccc1NCc1nc2ccccc2s1. The smallest absolute Gasteiger partial charge is 0.147 e. The van der Waals surface area contributed by atoms with Crippen LogP contribution in [0.3, 0.4) is 0 Å². The van der Waals surface area contributed by atoms with Crippen molar-refractivity contribution < 1.29 is 4.39 Å². The molecule has 0 saturated heterocycles. The maximum absolute atomic E-state index is 13.6. The molecule has 3 aromatic rings. The molecular weight excluding hydrogens is 283 g/mol. The Labute approximate surface area is 118 Å². The topological polar surface area (TPSA) is 24.9 Å². The first-order chi connectivity index (χ1) is 9.22. The Morgan fingerprint density at radius 1 is 1.21 bits per heavy atom. The summed E-state index contributed by atoms with van der Waals surface area (Å²) in [6.07, 6.45) is 0. The van der Waals surface area contributed by atoms with E-state index < -0.39 is 0 Å². The van der Waals surface area contributed by atoms with Crippen LogP contribution in [0.15, 0.2) is 42.5 Å². The average Bonchev–Trinajstić information content (AvgIpc) is 2.80. The lowest BCUT2D eigenvalue weighted by Crippen LogP contribution is -2.00. The van der Waals surface area contributed by atoms with Crippen molar-refractivity contribution in [3.8, 4) is 0 Å². The quantitative estimate of drug-likeness (QED) is 0.757. The van der Waals surface area contributed by atoms with Gasteiger partial charge in [0.25, 0.3) is 0 Å². The van der Waals surface area contributed by atoms with Gasteiger partial charge in [0.2, 0.25) is 0 Å². The van der Waals surface area contributed by atoms with E-state index >= 15 is 0 Å². The number of fused-ring (bicyclic) bond motifs is 1. The van der Waals surface area contributed by atoms with Crippen molar-refractivity contribution in [3.63, 3.8) is 0 Å². The Hall–Kier alpha value is -1.65. The second-order valence-electron chi connectivity index (χ2n) is 4.05. The summed E-state index contributed by atoms with van der Waals surface area (Å²) in [5.41, 5.74) is 1.41. The van der Waals surface area contributed by atoms with Gasteiger partial charge in [-0.2, -0.15) is 0 Å². The van der Waals surface area contributed by atoms with Gasteiger partial charge in [0, 0.05) is 5.02 Å². The Morgan fingerprint density at radius 3 is 2.84 bits per heavy atom. The van der Waals surface area contributed by atoms with E-state index in [0.717, 1.165) is 15.2 Å². The van der Waals surface area contributed by atoms with Crippen molar-refractivity contribution in [1.82, 2.24) is 4.98 Å². The van der Waals surface area contributed by atoms with Crippen molar-refractivity contribution >= 4 is 38.8 Å². The van der Waals surface area contributed by atoms with Crippen molar-refractivity contribution in [2.45, 2.75) is 6.54 Å². The van der Waals surface area contributed by atoms with E-state index in [1.807, 2.05) is 24.3 Å². The summed E-state index contributed by atoms with van der Waals surface area (Å²) >= 11 is 7.31. The fourth-order valence-corrected chi connectivity index (χ4v) is 2.87. The van der Waals surface area contributed by atoms with E-state index in [1.165, 1.54) is 6.07 Å². The zero-order valence-corrected chi connectivity index (χ0v) is 11.4. The lowest BCUT2D eigenvalue weighted by atomic mass is 10.3. The maximum Gasteiger partial charge on any atom is 0.147 e. The van der Waals surface area contributed by atoms with Crippen molar-refractivity contribution in [2.24, 2.45) is 0 Å². The van der Waals surface area contributed by atoms with Crippen LogP contribution < -0.4 is 5.32 Å². The highest BCUT2D eigenvalue weighted by Gasteiger charge is 2.05. The molecule has 0 atom stereocenters. The molecule has 0 saturated carbocycles. The second kappa shape index (κ2) is 5.15. The van der Waals surface area contributed by atoms with Gasteiger partial charge in [-0.05, 0) is 30.3 Å². The molecule has 1 N–H and O–H groups in total. The number of para-hydroxylation sites is 1. The monoisotopic (exact) mass is 292 g/mol. The first-order valence-corrected chi connectivity index (χ1v) is 6.95. The minimum absolute atomic E-state index is 0.353. The van der Waals surface area contributed by atoms with Crippen LogP contribution in [0.1, 0.15) is 5.01 Å². The van der Waals surface area contributed by atoms with E-state index in [1.54, 1.807) is 23.5 Å². The third-order valence-electron chi connectivity index (χ3n) is 2.70. The second-order valence-corrected chi connectivity index (χ2v) is 5.60. The van der Waals surface area contributed by atoms with Crippen LogP contribution in [0.5, 0.6) is 0 Å². The highest BCUT2D eigenvalue weighted by Crippen LogP contribution is 2.23. The molecule has 0 spiro atoms. The molecule has 5 heteroatoms. The molecule has 0 radical (unpaired) electrons. The standard InChI is InChI=1S/C14H10ClFN2S/c15-9-5-6-11(10(16)7-9)17-8-14-18-12-3-1-2-4-13(12)19-14/h1-7,17H,8H2. The number of hydrogen-bond acceptors (Lipinski definition) is 3. The minimum atomic E-state index is -0.353. The lowest BCUT2D eigenvalue weighted by molar-refractivity contribution is 0.630. The number of nitrogens with zero attached hydrogens (tertiary/aromatic N) is 1. The lowest BCUT2D eigenvalue weighted by Gasteiger charge is -2.05. The van der Waals surface area contributed by atoms with Crippen LogP contribution >= 0.6 is 22.9 Å². The number of nitrogens with one attached hydrogen (secondary N) is 1. The van der Waals surface area contributed by atoms with E-state index in [0.29, 0.717) is 17.3 Å². The van der Waals surface area contributed by atoms with Gasteiger partial charge >= 0.3 is 0 Å². The molecule has 2 aromatic carbocycles. The molecule has 19 heavy (non-hydrogen) atoms. The molecule has 0 fully saturated rings. The van der Waals surface area contributed by atoms with Crippen LogP contribution in [0.25, 0.3) is 10.2 Å². The Balaban J connectivity index is 1.78. The molecule has 0 aliphatic carbocycles. The number of thiazole rings is 1. The van der Waals surface area contributed by atoms with Gasteiger partial charge in [-0.3, -0.25) is 0 Å². The first kappa shape index (κ1) is 12.4. The largest absolute Gasteiger partial charge is 0.376 e. The summed E-state index contributed by atoms with van der Waals surface area (Å²) in [5.74, 6) is -0.353. The molecule has 0 bridgehead atoms. The summed E-state index contributed by atoms with van der Waals surface area (Å²) in [5, 5.41) is 4.35. The highest BCUT2D eigenvalue weighted by atomic mass is 35.5. The summed E-state index contributed by atoms with van der Waals surface area (Å²) < 4.78 is 14.7. The van der Waals surface area contributed by atoms with Crippen LogP contribution in [0.2, 0.25) is 5.02 Å². The van der Waals surface area contributed by atoms with Crippen LogP contribution in [0.4, 0.5) is 10.1 Å². The van der Waals surface area contributed by atoms with Gasteiger partial charge in [0.05, 0.1) is 22.4 Å². The minimum Gasteiger partial charge on any atom is -0.376 e. The highest BCUT2D eigenvalue weighted by molar-refractivity contribution is 7.18. The van der Waals surface area contributed by atoms with Crippen LogP contribution in [0, 0.1) is 5.82 Å². The molecule has 1 heterocycles. The Kier molecular flexibility index (Phi) is 3.36. The van der Waals surface area contributed by atoms with Gasteiger partial charge < -0.3 is 5.32 Å². The molecular formula is C14H10ClFN2S. The third-order valence-corrected chi connectivity index (χ3v) is 3.97. The van der Waals surface area contributed by atoms with E-state index in [2.05, 4.69) is 10.3 Å². The number of benzene rings is 2. The van der Waals surface area contributed by atoms with E-state index in [-0.39, 0.29) is 5.82 Å². The average molecular weight is 293 g/mol. The number of anilines is 1. The molecule has 3 rings (SSSR count). The number of aromatic nitrogens is 1. The molecule has 0 amide bonds. The maximum atomic E-state index is 13.6. The Morgan fingerprint density at radius 2 is 2.05 bits per heavy atom. The van der Waals surface area contributed by atoms with Gasteiger partial charge in [0.1, 0.15) is 10.8 Å². The summed E-state index contributed by atoms with van der Waals surface area (Å²) in [7, 11) is 0. The summed E-state index contributed by atoms with van der Waals surface area (Å²) in [4.78, 5) is 4.48. The van der Waals surface area contributed by atoms with Crippen LogP contribution in [-0.4, -0.2) is 4.98 Å². The number of rotatable bonds is 3. The molecule has 1 aromatic heterocycles. The molecule has 0 aliphatic heterocycles. The van der Waals surface area contributed by atoms with Gasteiger partial charge in [-0.25, -0.2) is 9.37 Å². The van der Waals surface area contributed by atoms with Crippen molar-refractivity contribution in [2.75, 3.05) is 5.32 Å². The van der Waals surface area contributed by atoms with E-state index in [4.69, 9.17) is 11.6 Å². The summed E-state index contributed by atoms with van der Waals surface area (Å²) in [6.45, 7) is 0.498. The normalized spacial score (nSPS) is 10.8. The number of hydrogen-bond donors (Lipinski definition) is 1. The molecule has 0 aliphatic rings. The zero-order chi connectivity index (χ0) is 13.2. The Bertz CT molecular complexity index is 693. The van der Waals surface area contributed by atoms with Crippen molar-refractivity contribution in [1.29, 1.82) is 0 Å². The fourth-order valence-electron chi connectivity index (χ4n) is 1.80. The third kappa shape index (κ3) is 2.69. The van der Waals surface area contributed by atoms with Gasteiger partial charge in [-0.15, -0.1) is 11.3 Å². The number of halogens is 2. The fraction of sp³-hybridized carbons (Fsp3) is 0.0714. The molecule has 0 unspecified atom stereocenters. The summed E-state index contributed by atoms with van der Waals surface area (Å²) in [6, 6.07) is 12.5. The van der Waals surface area contributed by atoms with Crippen molar-refractivity contribution in [3.05, 3.63) is 58.3 Å². The van der Waals surface area contributed by atoms with Crippen LogP contribution in [-0.2, 0) is 6.54 Å². The molecule has 96 valence electrons. The van der Waals surface area contributed by atoms with E-state index in [9.17, 15) is 4.39 Å². The first-order valence-electron chi connectivity index (χ1n) is 5.76. The predicted octanol–water partition coefficient (Wildman–Crippen LogP) is 4.70. The molecule has 2 nitrogen and oxygen atoms in total. The zero-order valence-electron chi connectivity index (χ0n) is 9.86. The predicted molar refractivity (Wildman–Crippen MR) is 78.4 cm³/mol.